The molecule has 0 fully saturated rings. The Morgan fingerprint density at radius 2 is 1.71 bits per heavy atom. The number of nitriles is 1. The van der Waals surface area contributed by atoms with Crippen LogP contribution in [-0.2, 0) is 0 Å². The first-order chi connectivity index (χ1) is 10.3. The van der Waals surface area contributed by atoms with Gasteiger partial charge in [-0.1, -0.05) is 24.3 Å². The van der Waals surface area contributed by atoms with Gasteiger partial charge in [0.2, 0.25) is 0 Å². The van der Waals surface area contributed by atoms with Crippen LogP contribution in [0.5, 0.6) is 17.2 Å². The average molecular weight is 283 g/mol. The topological polar surface area (TPSA) is 51.5 Å². The lowest BCUT2D eigenvalue weighted by molar-refractivity contribution is 0.240. The molecule has 2 aromatic carbocycles. The highest BCUT2D eigenvalue weighted by Crippen LogP contribution is 2.30. The second kappa shape index (κ2) is 7.81. The number of nitrogens with zero attached hydrogens (tertiary/aromatic N) is 1. The van der Waals surface area contributed by atoms with E-state index in [0.29, 0.717) is 30.3 Å². The van der Waals surface area contributed by atoms with Crippen LogP contribution in [0.4, 0.5) is 0 Å². The van der Waals surface area contributed by atoms with Crippen molar-refractivity contribution in [1.82, 2.24) is 0 Å². The normalized spacial score (nSPS) is 9.71. The summed E-state index contributed by atoms with van der Waals surface area (Å²) in [5.74, 6) is 1.90. The van der Waals surface area contributed by atoms with Crippen molar-refractivity contribution in [3.63, 3.8) is 0 Å². The lowest BCUT2D eigenvalue weighted by Crippen LogP contribution is -2.06. The highest BCUT2D eigenvalue weighted by molar-refractivity contribution is 5.52. The van der Waals surface area contributed by atoms with Crippen LogP contribution in [-0.4, -0.2) is 20.3 Å². The Bertz CT molecular complexity index is 605. The fourth-order valence-electron chi connectivity index (χ4n) is 1.85. The molecule has 0 atom stereocenters. The lowest BCUT2D eigenvalue weighted by atomic mass is 10.2. The quantitative estimate of drug-likeness (QED) is 0.731. The first kappa shape index (κ1) is 14.7. The fraction of sp³-hybridized carbons (Fsp3) is 0.235. The second-order valence-corrected chi connectivity index (χ2v) is 4.31. The van der Waals surface area contributed by atoms with E-state index in [4.69, 9.17) is 19.5 Å². The lowest BCUT2D eigenvalue weighted by Gasteiger charge is -2.12. The maximum absolute atomic E-state index is 9.08. The Balaban J connectivity index is 1.82. The Morgan fingerprint density at radius 3 is 2.43 bits per heavy atom. The zero-order valence-electron chi connectivity index (χ0n) is 11.9. The third kappa shape index (κ3) is 4.15. The van der Waals surface area contributed by atoms with Gasteiger partial charge >= 0.3 is 0 Å². The summed E-state index contributed by atoms with van der Waals surface area (Å²) < 4.78 is 16.4. The Hall–Kier alpha value is -2.67. The molecule has 21 heavy (non-hydrogen) atoms. The van der Waals surface area contributed by atoms with E-state index in [1.807, 2.05) is 30.3 Å². The molecule has 4 nitrogen and oxygen atoms in total. The summed E-state index contributed by atoms with van der Waals surface area (Å²) in [6, 6.07) is 17.0. The third-order valence-corrected chi connectivity index (χ3v) is 2.87. The molecule has 0 aliphatic heterocycles. The molecule has 4 heteroatoms. The maximum atomic E-state index is 9.08. The molecule has 0 radical (unpaired) electrons. The molecule has 0 unspecified atom stereocenters. The minimum Gasteiger partial charge on any atom is -0.493 e. The van der Waals surface area contributed by atoms with E-state index in [9.17, 15) is 0 Å². The Labute approximate surface area is 124 Å². The zero-order valence-corrected chi connectivity index (χ0v) is 11.9. The Kier molecular flexibility index (Phi) is 5.48. The molecule has 0 spiro atoms. The molecule has 0 bridgehead atoms. The van der Waals surface area contributed by atoms with Gasteiger partial charge in [0.25, 0.3) is 0 Å². The summed E-state index contributed by atoms with van der Waals surface area (Å²) >= 11 is 0. The minimum atomic E-state index is 0.460. The molecule has 0 saturated heterocycles. The van der Waals surface area contributed by atoms with Gasteiger partial charge in [-0.25, -0.2) is 0 Å². The number of benzene rings is 2. The van der Waals surface area contributed by atoms with Crippen molar-refractivity contribution >= 4 is 0 Å². The second-order valence-electron chi connectivity index (χ2n) is 4.31. The van der Waals surface area contributed by atoms with Crippen LogP contribution in [0.15, 0.2) is 48.5 Å². The summed E-state index contributed by atoms with van der Waals surface area (Å²) in [6.45, 7) is 1.02. The smallest absolute Gasteiger partial charge is 0.178 e. The van der Waals surface area contributed by atoms with Gasteiger partial charge in [-0.15, -0.1) is 0 Å². The maximum Gasteiger partial charge on any atom is 0.178 e. The molecule has 0 saturated carbocycles. The van der Waals surface area contributed by atoms with Gasteiger partial charge < -0.3 is 14.2 Å². The van der Waals surface area contributed by atoms with Gasteiger partial charge in [0.15, 0.2) is 11.5 Å². The van der Waals surface area contributed by atoms with E-state index < -0.39 is 0 Å². The van der Waals surface area contributed by atoms with Gasteiger partial charge in [0, 0.05) is 6.42 Å². The van der Waals surface area contributed by atoms with Gasteiger partial charge in [0.1, 0.15) is 11.8 Å². The molecule has 108 valence electrons. The Morgan fingerprint density at radius 1 is 0.952 bits per heavy atom. The van der Waals surface area contributed by atoms with Crippen LogP contribution in [0.25, 0.3) is 0 Å². The van der Waals surface area contributed by atoms with E-state index in [-0.39, 0.29) is 0 Å². The van der Waals surface area contributed by atoms with Crippen LogP contribution < -0.4 is 14.2 Å². The number of methoxy groups -OCH3 is 1. The summed E-state index contributed by atoms with van der Waals surface area (Å²) in [7, 11) is 1.56. The summed E-state index contributed by atoms with van der Waals surface area (Å²) in [5, 5.41) is 9.08. The zero-order chi connectivity index (χ0) is 14.9. The van der Waals surface area contributed by atoms with Crippen LogP contribution in [0.2, 0.25) is 0 Å². The molecule has 0 amide bonds. The van der Waals surface area contributed by atoms with Crippen molar-refractivity contribution < 1.29 is 14.2 Å². The standard InChI is InChI=1S/C17H17NO3/c1-19-16-10-5-7-14(13-18)17(16)21-12-6-11-20-15-8-3-2-4-9-15/h2-5,7-10H,6,11-12H2,1H3. The molecular formula is C17H17NO3. The first-order valence-corrected chi connectivity index (χ1v) is 6.73. The fourth-order valence-corrected chi connectivity index (χ4v) is 1.85. The summed E-state index contributed by atoms with van der Waals surface area (Å²) in [5.41, 5.74) is 0.471. The van der Waals surface area contributed by atoms with Gasteiger partial charge in [-0.3, -0.25) is 0 Å². The predicted octanol–water partition coefficient (Wildman–Crippen LogP) is 3.41. The number of ether oxygens (including phenoxy) is 3. The van der Waals surface area contributed by atoms with Gasteiger partial charge in [0.05, 0.1) is 25.9 Å². The largest absolute Gasteiger partial charge is 0.493 e. The van der Waals surface area contributed by atoms with Crippen LogP contribution in [0.3, 0.4) is 0 Å². The van der Waals surface area contributed by atoms with Gasteiger partial charge in [-0.05, 0) is 24.3 Å². The highest BCUT2D eigenvalue weighted by atomic mass is 16.5. The monoisotopic (exact) mass is 283 g/mol. The number of hydrogen-bond acceptors (Lipinski definition) is 4. The molecule has 0 aliphatic rings. The van der Waals surface area contributed by atoms with Crippen molar-refractivity contribution in [2.45, 2.75) is 6.42 Å². The molecule has 0 aromatic heterocycles. The predicted molar refractivity (Wildman–Crippen MR) is 79.8 cm³/mol. The summed E-state index contributed by atoms with van der Waals surface area (Å²) in [4.78, 5) is 0. The van der Waals surface area contributed by atoms with Crippen LogP contribution in [0, 0.1) is 11.3 Å². The molecule has 0 aliphatic carbocycles. The van der Waals surface area contributed by atoms with E-state index in [1.165, 1.54) is 0 Å². The van der Waals surface area contributed by atoms with Crippen molar-refractivity contribution in [1.29, 1.82) is 5.26 Å². The minimum absolute atomic E-state index is 0.460. The van der Waals surface area contributed by atoms with E-state index in [1.54, 1.807) is 25.3 Å². The summed E-state index contributed by atoms with van der Waals surface area (Å²) in [6.07, 6.45) is 0.720. The average Bonchev–Trinajstić information content (AvgIpc) is 2.55. The van der Waals surface area contributed by atoms with Crippen molar-refractivity contribution in [3.05, 3.63) is 54.1 Å². The third-order valence-electron chi connectivity index (χ3n) is 2.87. The first-order valence-electron chi connectivity index (χ1n) is 6.73. The van der Waals surface area contributed by atoms with Crippen molar-refractivity contribution in [2.75, 3.05) is 20.3 Å². The van der Waals surface area contributed by atoms with Gasteiger partial charge in [-0.2, -0.15) is 5.26 Å². The highest BCUT2D eigenvalue weighted by Gasteiger charge is 2.09. The molecule has 0 heterocycles. The molecular weight excluding hydrogens is 266 g/mol. The number of rotatable bonds is 7. The van der Waals surface area contributed by atoms with Crippen molar-refractivity contribution in [3.8, 4) is 23.3 Å². The molecule has 2 rings (SSSR count). The SMILES string of the molecule is COc1cccc(C#N)c1OCCCOc1ccccc1. The van der Waals surface area contributed by atoms with E-state index in [0.717, 1.165) is 12.2 Å². The van der Waals surface area contributed by atoms with Crippen LogP contribution in [0.1, 0.15) is 12.0 Å². The van der Waals surface area contributed by atoms with E-state index >= 15 is 0 Å². The number of hydrogen-bond donors (Lipinski definition) is 0. The molecule has 0 N–H and O–H groups in total. The molecule has 2 aromatic rings. The number of para-hydroxylation sites is 2. The van der Waals surface area contributed by atoms with E-state index in [2.05, 4.69) is 6.07 Å². The van der Waals surface area contributed by atoms with Crippen molar-refractivity contribution in [2.24, 2.45) is 0 Å². The van der Waals surface area contributed by atoms with Crippen LogP contribution >= 0.6 is 0 Å².